The zero-order valence-corrected chi connectivity index (χ0v) is 19.4. The Hall–Kier alpha value is -3.69. The van der Waals surface area contributed by atoms with Gasteiger partial charge in [0.25, 0.3) is 0 Å². The lowest BCUT2D eigenvalue weighted by molar-refractivity contribution is 1.26. The molecule has 0 amide bonds. The largest absolute Gasteiger partial charge is 0.345 e. The van der Waals surface area contributed by atoms with Gasteiger partial charge in [-0.3, -0.25) is 4.66 Å². The molecule has 0 radical (unpaired) electrons. The molecular weight excluding hydrogens is 404 g/mol. The number of para-hydroxylation sites is 1. The third-order valence-corrected chi connectivity index (χ3v) is 9.57. The van der Waals surface area contributed by atoms with Gasteiger partial charge in [0.05, 0.1) is 5.71 Å². The molecule has 3 heteroatoms. The van der Waals surface area contributed by atoms with Gasteiger partial charge in [-0.1, -0.05) is 109 Å². The summed E-state index contributed by atoms with van der Waals surface area (Å²) in [5.74, 6) is 0. The summed E-state index contributed by atoms with van der Waals surface area (Å²) in [7, 11) is -2.55. The molecule has 0 N–H and O–H groups in total. The van der Waals surface area contributed by atoms with Crippen molar-refractivity contribution in [2.24, 2.45) is 4.66 Å². The summed E-state index contributed by atoms with van der Waals surface area (Å²) in [4.78, 5) is 0. The van der Waals surface area contributed by atoms with Gasteiger partial charge in [0.1, 0.15) is 0 Å². The quantitative estimate of drug-likeness (QED) is 0.342. The minimum absolute atomic E-state index is 1.09. The SMILES string of the molecule is CC1=C(c2ccccc2)N(c2ccccc2)[Si](C)(c2ccccc2)N=C1c1ccccc1. The third-order valence-electron chi connectivity index (χ3n) is 6.13. The molecule has 1 heterocycles. The van der Waals surface area contributed by atoms with Crippen molar-refractivity contribution in [3.63, 3.8) is 0 Å². The molecule has 0 fully saturated rings. The topological polar surface area (TPSA) is 15.6 Å². The summed E-state index contributed by atoms with van der Waals surface area (Å²) in [6.45, 7) is 4.57. The summed E-state index contributed by atoms with van der Waals surface area (Å²) in [5.41, 5.74) is 7.10. The van der Waals surface area contributed by atoms with E-state index in [0.29, 0.717) is 0 Å². The first-order chi connectivity index (χ1) is 15.7. The third kappa shape index (κ3) is 3.51. The van der Waals surface area contributed by atoms with Crippen LogP contribution >= 0.6 is 0 Å². The van der Waals surface area contributed by atoms with Crippen LogP contribution in [0.5, 0.6) is 0 Å². The molecule has 0 bridgehead atoms. The van der Waals surface area contributed by atoms with Crippen molar-refractivity contribution < 1.29 is 0 Å². The lowest BCUT2D eigenvalue weighted by Gasteiger charge is -2.44. The summed E-state index contributed by atoms with van der Waals surface area (Å²) >= 11 is 0. The molecule has 0 aromatic heterocycles. The number of allylic oxidation sites excluding steroid dienone is 1. The Labute approximate surface area is 191 Å². The fourth-order valence-corrected chi connectivity index (χ4v) is 8.00. The van der Waals surface area contributed by atoms with Crippen LogP contribution in [-0.4, -0.2) is 14.1 Å². The minimum Gasteiger partial charge on any atom is -0.345 e. The Morgan fingerprint density at radius 2 is 1.06 bits per heavy atom. The predicted octanol–water partition coefficient (Wildman–Crippen LogP) is 6.41. The van der Waals surface area contributed by atoms with Gasteiger partial charge in [-0.05, 0) is 47.5 Å². The molecular formula is C29H26N2Si. The van der Waals surface area contributed by atoms with Crippen LogP contribution in [0.2, 0.25) is 6.55 Å². The van der Waals surface area contributed by atoms with Crippen LogP contribution in [-0.2, 0) is 0 Å². The van der Waals surface area contributed by atoms with E-state index in [4.69, 9.17) is 4.66 Å². The van der Waals surface area contributed by atoms with E-state index in [1.807, 2.05) is 0 Å². The first kappa shape index (κ1) is 20.2. The van der Waals surface area contributed by atoms with E-state index >= 15 is 0 Å². The second kappa shape index (κ2) is 8.44. The van der Waals surface area contributed by atoms with Crippen molar-refractivity contribution in [1.29, 1.82) is 0 Å². The molecule has 2 nitrogen and oxygen atoms in total. The fourth-order valence-electron chi connectivity index (χ4n) is 4.57. The highest BCUT2D eigenvalue weighted by Crippen LogP contribution is 2.39. The molecule has 0 saturated carbocycles. The molecule has 0 aliphatic carbocycles. The van der Waals surface area contributed by atoms with Crippen molar-refractivity contribution in [3.8, 4) is 0 Å². The molecule has 156 valence electrons. The molecule has 0 saturated heterocycles. The molecule has 1 atom stereocenters. The van der Waals surface area contributed by atoms with Crippen molar-refractivity contribution in [2.75, 3.05) is 4.57 Å². The molecule has 4 aromatic carbocycles. The van der Waals surface area contributed by atoms with Crippen LogP contribution in [0.4, 0.5) is 5.69 Å². The summed E-state index contributed by atoms with van der Waals surface area (Å²) < 4.78 is 8.12. The summed E-state index contributed by atoms with van der Waals surface area (Å²) in [5, 5.41) is 1.29. The average molecular weight is 431 g/mol. The van der Waals surface area contributed by atoms with Gasteiger partial charge in [0.2, 0.25) is 0 Å². The molecule has 32 heavy (non-hydrogen) atoms. The Kier molecular flexibility index (Phi) is 5.34. The van der Waals surface area contributed by atoms with E-state index in [9.17, 15) is 0 Å². The van der Waals surface area contributed by atoms with Crippen molar-refractivity contribution in [2.45, 2.75) is 13.5 Å². The minimum atomic E-state index is -2.55. The first-order valence-corrected chi connectivity index (χ1v) is 13.4. The highest BCUT2D eigenvalue weighted by molar-refractivity contribution is 6.95. The highest BCUT2D eigenvalue weighted by atomic mass is 28.3. The van der Waals surface area contributed by atoms with Gasteiger partial charge in [0.15, 0.2) is 0 Å². The Balaban J connectivity index is 1.85. The first-order valence-electron chi connectivity index (χ1n) is 11.0. The lowest BCUT2D eigenvalue weighted by atomic mass is 9.98. The second-order valence-corrected chi connectivity index (χ2v) is 11.5. The predicted molar refractivity (Wildman–Crippen MR) is 139 cm³/mol. The van der Waals surface area contributed by atoms with E-state index in [-0.39, 0.29) is 0 Å². The van der Waals surface area contributed by atoms with Gasteiger partial charge in [-0.15, -0.1) is 0 Å². The monoisotopic (exact) mass is 430 g/mol. The van der Waals surface area contributed by atoms with Crippen LogP contribution in [0.25, 0.3) is 5.70 Å². The summed E-state index contributed by atoms with van der Waals surface area (Å²) in [6.07, 6.45) is 0. The van der Waals surface area contributed by atoms with Crippen molar-refractivity contribution in [3.05, 3.63) is 138 Å². The Bertz CT molecular complexity index is 1270. The van der Waals surface area contributed by atoms with Crippen LogP contribution in [0, 0.1) is 0 Å². The maximum absolute atomic E-state index is 5.59. The fraction of sp³-hybridized carbons (Fsp3) is 0.0690. The molecule has 0 spiro atoms. The van der Waals surface area contributed by atoms with E-state index in [0.717, 1.165) is 5.71 Å². The van der Waals surface area contributed by atoms with Gasteiger partial charge >= 0.3 is 8.40 Å². The van der Waals surface area contributed by atoms with Gasteiger partial charge in [-0.2, -0.15) is 0 Å². The number of anilines is 1. The van der Waals surface area contributed by atoms with Crippen molar-refractivity contribution >= 4 is 30.7 Å². The van der Waals surface area contributed by atoms with E-state index in [1.165, 1.54) is 33.3 Å². The molecule has 1 aliphatic heterocycles. The number of benzene rings is 4. The summed E-state index contributed by atoms with van der Waals surface area (Å²) in [6, 6.07) is 42.8. The average Bonchev–Trinajstić information content (AvgIpc) is 2.87. The van der Waals surface area contributed by atoms with Crippen molar-refractivity contribution in [1.82, 2.24) is 0 Å². The highest BCUT2D eigenvalue weighted by Gasteiger charge is 2.44. The van der Waals surface area contributed by atoms with Crippen LogP contribution in [0.1, 0.15) is 18.1 Å². The molecule has 1 unspecified atom stereocenters. The van der Waals surface area contributed by atoms with E-state index < -0.39 is 8.40 Å². The lowest BCUT2D eigenvalue weighted by Crippen LogP contribution is -2.61. The van der Waals surface area contributed by atoms with Crippen LogP contribution in [0.15, 0.2) is 132 Å². The van der Waals surface area contributed by atoms with Crippen LogP contribution in [0.3, 0.4) is 0 Å². The molecule has 1 aliphatic rings. The van der Waals surface area contributed by atoms with Gasteiger partial charge in [0, 0.05) is 11.4 Å². The molecule has 5 rings (SSSR count). The Morgan fingerprint density at radius 3 is 1.62 bits per heavy atom. The normalized spacial score (nSPS) is 18.4. The standard InChI is InChI=1S/C29H26N2Si/c1-23-28(24-15-7-3-8-16-24)30-32(2,27-21-13-6-14-22-27)31(26-19-11-5-12-20-26)29(23)25-17-9-4-10-18-25/h3-22H,1-2H3. The number of hydrogen-bond acceptors (Lipinski definition) is 2. The smallest absolute Gasteiger partial charge is 0.318 e. The Morgan fingerprint density at radius 1 is 0.594 bits per heavy atom. The number of nitrogens with zero attached hydrogens (tertiary/aromatic N) is 2. The zero-order valence-electron chi connectivity index (χ0n) is 18.4. The van der Waals surface area contributed by atoms with E-state index in [1.54, 1.807) is 0 Å². The van der Waals surface area contributed by atoms with Gasteiger partial charge in [-0.25, -0.2) is 0 Å². The van der Waals surface area contributed by atoms with E-state index in [2.05, 4.69) is 139 Å². The zero-order chi connectivity index (χ0) is 22.0. The van der Waals surface area contributed by atoms with Gasteiger partial charge < -0.3 is 4.57 Å². The number of rotatable bonds is 4. The van der Waals surface area contributed by atoms with Crippen LogP contribution < -0.4 is 9.75 Å². The molecule has 4 aromatic rings. The second-order valence-electron chi connectivity index (χ2n) is 8.22. The maximum Gasteiger partial charge on any atom is 0.318 e. The number of hydrogen-bond donors (Lipinski definition) is 0. The maximum atomic E-state index is 5.59.